The molecule has 0 rings (SSSR count). The first kappa shape index (κ1) is 7.70. The van der Waals surface area contributed by atoms with E-state index in [0.29, 0.717) is 6.54 Å². The molecule has 1 N–H and O–H groups in total. The van der Waals surface area contributed by atoms with Crippen molar-refractivity contribution in [3.05, 3.63) is 0 Å². The van der Waals surface area contributed by atoms with Crippen LogP contribution in [0, 0.1) is 12.0 Å². The highest BCUT2D eigenvalue weighted by molar-refractivity contribution is 5.73. The fraction of sp³-hybridized carbons (Fsp3) is 0.333. The van der Waals surface area contributed by atoms with Gasteiger partial charge in [-0.15, -0.1) is 0 Å². The smallest absolute Gasteiger partial charge is 0.217 e. The predicted molar refractivity (Wildman–Crippen MR) is 36.0 cm³/mol. The molecule has 0 heterocycles. The monoisotopic (exact) mass is 124 g/mol. The average molecular weight is 124 g/mol. The summed E-state index contributed by atoms with van der Waals surface area (Å²) < 4.78 is 0. The van der Waals surface area contributed by atoms with Crippen molar-refractivity contribution in [1.82, 2.24) is 5.32 Å². The molecule has 0 aromatic rings. The second-order valence-electron chi connectivity index (χ2n) is 1.36. The van der Waals surface area contributed by atoms with Crippen molar-refractivity contribution < 1.29 is 4.79 Å². The second-order valence-corrected chi connectivity index (χ2v) is 1.36. The van der Waals surface area contributed by atoms with E-state index in [0.717, 1.165) is 0 Å². The van der Waals surface area contributed by atoms with E-state index in [2.05, 4.69) is 29.0 Å². The van der Waals surface area contributed by atoms with Gasteiger partial charge in [-0.3, -0.25) is 4.79 Å². The number of amides is 1. The number of aliphatic imine (C=N–C) groups is 1. The third-order valence-corrected chi connectivity index (χ3v) is 0.584. The summed E-state index contributed by atoms with van der Waals surface area (Å²) in [6, 6.07) is 2.35. The van der Waals surface area contributed by atoms with E-state index in [-0.39, 0.29) is 5.91 Å². The third kappa shape index (κ3) is 6.70. The van der Waals surface area contributed by atoms with Crippen LogP contribution < -0.4 is 5.32 Å². The van der Waals surface area contributed by atoms with Crippen LogP contribution in [-0.2, 0) is 4.79 Å². The summed E-state index contributed by atoms with van der Waals surface area (Å²) in [5, 5.41) is 2.48. The lowest BCUT2D eigenvalue weighted by molar-refractivity contribution is -0.118. The van der Waals surface area contributed by atoms with Crippen LogP contribution in [0.1, 0.15) is 6.92 Å². The summed E-state index contributed by atoms with van der Waals surface area (Å²) in [5.41, 5.74) is 0. The van der Waals surface area contributed by atoms with E-state index in [1.54, 1.807) is 0 Å². The molecule has 9 heavy (non-hydrogen) atoms. The Balaban J connectivity index is 3.29. The van der Waals surface area contributed by atoms with E-state index in [1.807, 2.05) is 0 Å². The van der Waals surface area contributed by atoms with Gasteiger partial charge in [-0.1, -0.05) is 5.92 Å². The summed E-state index contributed by atoms with van der Waals surface area (Å²) >= 11 is 0. The highest BCUT2D eigenvalue weighted by atomic mass is 16.1. The molecule has 3 nitrogen and oxygen atoms in total. The molecule has 48 valence electrons. The first-order chi connectivity index (χ1) is 4.27. The number of hydrogen-bond acceptors (Lipinski definition) is 2. The van der Waals surface area contributed by atoms with Gasteiger partial charge in [0.1, 0.15) is 0 Å². The normalized spacial score (nSPS) is 6.78. The zero-order valence-corrected chi connectivity index (χ0v) is 5.27. The molecular formula is C6H8N2O. The fourth-order valence-electron chi connectivity index (χ4n) is 0.264. The van der Waals surface area contributed by atoms with Crippen molar-refractivity contribution in [2.24, 2.45) is 4.99 Å². The lowest BCUT2D eigenvalue weighted by Gasteiger charge is -1.89. The summed E-state index contributed by atoms with van der Waals surface area (Å²) in [7, 11) is 0. The van der Waals surface area contributed by atoms with E-state index in [9.17, 15) is 4.79 Å². The van der Waals surface area contributed by atoms with Crippen molar-refractivity contribution in [3.8, 4) is 12.0 Å². The predicted octanol–water partition coefficient (Wildman–Crippen LogP) is -0.216. The Morgan fingerprint density at radius 3 is 3.00 bits per heavy atom. The minimum Gasteiger partial charge on any atom is -0.345 e. The van der Waals surface area contributed by atoms with Crippen LogP contribution in [0.3, 0.4) is 0 Å². The maximum Gasteiger partial charge on any atom is 0.217 e. The largest absolute Gasteiger partial charge is 0.345 e. The van der Waals surface area contributed by atoms with Gasteiger partial charge in [0.2, 0.25) is 5.91 Å². The Hall–Kier alpha value is -1.30. The molecule has 0 aromatic heterocycles. The van der Waals surface area contributed by atoms with Gasteiger partial charge in [0.25, 0.3) is 0 Å². The molecular weight excluding hydrogens is 116 g/mol. The molecule has 0 saturated heterocycles. The van der Waals surface area contributed by atoms with Gasteiger partial charge in [-0.25, -0.2) is 4.99 Å². The quantitative estimate of drug-likeness (QED) is 0.381. The average Bonchev–Trinajstić information content (AvgIpc) is 1.80. The molecule has 0 radical (unpaired) electrons. The van der Waals surface area contributed by atoms with Gasteiger partial charge < -0.3 is 5.32 Å². The Morgan fingerprint density at radius 1 is 1.89 bits per heavy atom. The van der Waals surface area contributed by atoms with Gasteiger partial charge in [0.05, 0.1) is 6.54 Å². The molecule has 0 aromatic carbocycles. The molecule has 0 atom stereocenters. The highest BCUT2D eigenvalue weighted by Crippen LogP contribution is 1.59. The van der Waals surface area contributed by atoms with Gasteiger partial charge in [-0.2, -0.15) is 0 Å². The summed E-state index contributed by atoms with van der Waals surface area (Å²) in [6.07, 6.45) is 0. The van der Waals surface area contributed by atoms with Crippen LogP contribution in [0.5, 0.6) is 0 Å². The van der Waals surface area contributed by atoms with Gasteiger partial charge in [0, 0.05) is 19.7 Å². The molecule has 0 aliphatic carbocycles. The van der Waals surface area contributed by atoms with E-state index in [1.165, 1.54) is 6.92 Å². The molecule has 0 fully saturated rings. The molecule has 0 saturated carbocycles. The lowest BCUT2D eigenvalue weighted by Crippen LogP contribution is -2.19. The highest BCUT2D eigenvalue weighted by Gasteiger charge is 1.82. The van der Waals surface area contributed by atoms with Gasteiger partial charge >= 0.3 is 0 Å². The first-order valence-corrected chi connectivity index (χ1v) is 2.45. The Bertz CT molecular complexity index is 164. The number of nitrogens with one attached hydrogen (secondary N) is 1. The summed E-state index contributed by atoms with van der Waals surface area (Å²) in [6.45, 7) is 4.92. The van der Waals surface area contributed by atoms with Crippen LogP contribution in [0.15, 0.2) is 4.99 Å². The van der Waals surface area contributed by atoms with Crippen LogP contribution >= 0.6 is 0 Å². The first-order valence-electron chi connectivity index (χ1n) is 2.45. The van der Waals surface area contributed by atoms with Crippen LogP contribution in [0.2, 0.25) is 0 Å². The third-order valence-electron chi connectivity index (χ3n) is 0.584. The SMILES string of the molecule is C=NC#CCNC(C)=O. The fourth-order valence-corrected chi connectivity index (χ4v) is 0.264. The number of nitrogens with zero attached hydrogens (tertiary/aromatic N) is 1. The van der Waals surface area contributed by atoms with Gasteiger partial charge in [-0.05, 0) is 0 Å². The lowest BCUT2D eigenvalue weighted by atomic mass is 10.6. The number of carbonyl (C=O) groups excluding carboxylic acids is 1. The van der Waals surface area contributed by atoms with Crippen LogP contribution in [-0.4, -0.2) is 19.2 Å². The minimum absolute atomic E-state index is 0.0895. The zero-order chi connectivity index (χ0) is 7.11. The Labute approximate surface area is 54.2 Å². The molecule has 3 heteroatoms. The van der Waals surface area contributed by atoms with E-state index < -0.39 is 0 Å². The van der Waals surface area contributed by atoms with Crippen molar-refractivity contribution in [1.29, 1.82) is 0 Å². The molecule has 0 aliphatic heterocycles. The van der Waals surface area contributed by atoms with Crippen molar-refractivity contribution in [3.63, 3.8) is 0 Å². The van der Waals surface area contributed by atoms with Crippen molar-refractivity contribution in [2.45, 2.75) is 6.92 Å². The van der Waals surface area contributed by atoms with Crippen molar-refractivity contribution in [2.75, 3.05) is 6.54 Å². The van der Waals surface area contributed by atoms with Gasteiger partial charge in [0.15, 0.2) is 0 Å². The molecule has 0 spiro atoms. The molecule has 1 amide bonds. The van der Waals surface area contributed by atoms with E-state index >= 15 is 0 Å². The Morgan fingerprint density at radius 2 is 2.56 bits per heavy atom. The number of hydrogen-bond donors (Lipinski definition) is 1. The second kappa shape index (κ2) is 4.85. The zero-order valence-electron chi connectivity index (χ0n) is 5.27. The van der Waals surface area contributed by atoms with Crippen LogP contribution in [0.25, 0.3) is 0 Å². The maximum absolute atomic E-state index is 10.2. The summed E-state index contributed by atoms with van der Waals surface area (Å²) in [4.78, 5) is 13.5. The Kier molecular flexibility index (Phi) is 4.15. The molecule has 0 unspecified atom stereocenters. The number of carbonyl (C=O) groups is 1. The van der Waals surface area contributed by atoms with Crippen molar-refractivity contribution >= 4 is 12.6 Å². The summed E-state index contributed by atoms with van der Waals surface area (Å²) in [5.74, 6) is 2.47. The topological polar surface area (TPSA) is 41.5 Å². The minimum atomic E-state index is -0.0895. The maximum atomic E-state index is 10.2. The number of rotatable bonds is 1. The standard InChI is InChI=1S/C6H8N2O/c1-6(9)8-5-3-4-7-2/h2,5H2,1H3,(H,8,9). The molecule has 0 aliphatic rings. The van der Waals surface area contributed by atoms with Crippen LogP contribution in [0.4, 0.5) is 0 Å². The van der Waals surface area contributed by atoms with E-state index in [4.69, 9.17) is 0 Å². The molecule has 0 bridgehead atoms.